The Morgan fingerprint density at radius 1 is 1.05 bits per heavy atom. The molecule has 6 heteroatoms. The summed E-state index contributed by atoms with van der Waals surface area (Å²) in [6.07, 6.45) is 2.82. The molecule has 1 aliphatic rings. The number of fused-ring (bicyclic) bond motifs is 1. The van der Waals surface area contributed by atoms with Crippen LogP contribution in [-0.4, -0.2) is 21.9 Å². The molecule has 19 heavy (non-hydrogen) atoms. The van der Waals surface area contributed by atoms with Crippen molar-refractivity contribution < 1.29 is 14.4 Å². The molecule has 1 aromatic heterocycles. The Morgan fingerprint density at radius 2 is 1.68 bits per heavy atom. The van der Waals surface area contributed by atoms with Gasteiger partial charge in [0.15, 0.2) is 5.75 Å². The maximum absolute atomic E-state index is 12.0. The molecule has 94 valence electrons. The number of hydrogen-bond donors (Lipinski definition) is 0. The van der Waals surface area contributed by atoms with Crippen molar-refractivity contribution in [1.29, 1.82) is 0 Å². The van der Waals surface area contributed by atoms with Gasteiger partial charge in [-0.15, -0.1) is 0 Å². The fourth-order valence-corrected chi connectivity index (χ4v) is 1.92. The van der Waals surface area contributed by atoms with E-state index in [4.69, 9.17) is 16.4 Å². The second-order valence-electron chi connectivity index (χ2n) is 3.85. The van der Waals surface area contributed by atoms with Gasteiger partial charge in [0.2, 0.25) is 0 Å². The number of benzene rings is 1. The van der Waals surface area contributed by atoms with Gasteiger partial charge in [-0.05, 0) is 18.2 Å². The summed E-state index contributed by atoms with van der Waals surface area (Å²) in [5.41, 5.74) is 0.625. The third kappa shape index (κ3) is 1.84. The van der Waals surface area contributed by atoms with Crippen LogP contribution in [0.25, 0.3) is 0 Å². The maximum atomic E-state index is 12.0. The highest BCUT2D eigenvalue weighted by molar-refractivity contribution is 6.32. The van der Waals surface area contributed by atoms with E-state index in [0.717, 1.165) is 0 Å². The number of nitrogens with zero attached hydrogens (tertiary/aromatic N) is 2. The van der Waals surface area contributed by atoms with Crippen molar-refractivity contribution in [2.75, 3.05) is 0 Å². The third-order valence-corrected chi connectivity index (χ3v) is 2.99. The summed E-state index contributed by atoms with van der Waals surface area (Å²) in [6, 6.07) is 8.03. The lowest BCUT2D eigenvalue weighted by Crippen LogP contribution is -2.33. The predicted molar refractivity (Wildman–Crippen MR) is 66.8 cm³/mol. The quantitative estimate of drug-likeness (QED) is 0.789. The van der Waals surface area contributed by atoms with E-state index in [2.05, 4.69) is 4.98 Å². The molecular formula is C13H7ClN2O3. The first-order valence-electron chi connectivity index (χ1n) is 5.44. The maximum Gasteiger partial charge on any atom is 0.295 e. The summed E-state index contributed by atoms with van der Waals surface area (Å²) < 4.78 is 0. The van der Waals surface area contributed by atoms with Crippen molar-refractivity contribution in [3.05, 3.63) is 58.9 Å². The lowest BCUT2D eigenvalue weighted by atomic mass is 10.1. The van der Waals surface area contributed by atoms with Gasteiger partial charge in [0.05, 0.1) is 22.3 Å². The van der Waals surface area contributed by atoms with Crippen LogP contribution in [0.1, 0.15) is 20.7 Å². The van der Waals surface area contributed by atoms with Gasteiger partial charge in [0.1, 0.15) is 0 Å². The van der Waals surface area contributed by atoms with E-state index in [-0.39, 0.29) is 10.8 Å². The molecule has 2 aromatic rings. The molecule has 3 rings (SSSR count). The normalized spacial score (nSPS) is 13.6. The van der Waals surface area contributed by atoms with Gasteiger partial charge in [0.25, 0.3) is 11.8 Å². The molecule has 0 saturated heterocycles. The first kappa shape index (κ1) is 11.7. The number of pyridine rings is 1. The van der Waals surface area contributed by atoms with Gasteiger partial charge in [-0.3, -0.25) is 14.6 Å². The number of halogens is 1. The Balaban J connectivity index is 1.95. The number of hydroxylamine groups is 2. The average Bonchev–Trinajstić information content (AvgIpc) is 2.67. The minimum absolute atomic E-state index is 0.152. The van der Waals surface area contributed by atoms with Gasteiger partial charge >= 0.3 is 0 Å². The summed E-state index contributed by atoms with van der Waals surface area (Å²) >= 11 is 5.90. The summed E-state index contributed by atoms with van der Waals surface area (Å²) in [5.74, 6) is -0.875. The first-order chi connectivity index (χ1) is 9.18. The zero-order valence-corrected chi connectivity index (χ0v) is 10.3. The molecular weight excluding hydrogens is 268 g/mol. The summed E-state index contributed by atoms with van der Waals surface area (Å²) in [7, 11) is 0. The van der Waals surface area contributed by atoms with Crippen LogP contribution < -0.4 is 4.84 Å². The Morgan fingerprint density at radius 3 is 2.26 bits per heavy atom. The molecule has 1 aromatic carbocycles. The number of amides is 2. The number of rotatable bonds is 2. The number of aromatic nitrogens is 1. The van der Waals surface area contributed by atoms with E-state index in [1.54, 1.807) is 24.3 Å². The highest BCUT2D eigenvalue weighted by atomic mass is 35.5. The zero-order chi connectivity index (χ0) is 13.4. The molecule has 0 aliphatic carbocycles. The van der Waals surface area contributed by atoms with E-state index < -0.39 is 11.8 Å². The van der Waals surface area contributed by atoms with Gasteiger partial charge in [0, 0.05) is 6.20 Å². The topological polar surface area (TPSA) is 59.5 Å². The summed E-state index contributed by atoms with van der Waals surface area (Å²) in [6.45, 7) is 0. The second-order valence-corrected chi connectivity index (χ2v) is 4.25. The van der Waals surface area contributed by atoms with Crippen molar-refractivity contribution >= 4 is 23.4 Å². The number of imide groups is 1. The van der Waals surface area contributed by atoms with E-state index in [0.29, 0.717) is 16.2 Å². The molecule has 0 radical (unpaired) electrons. The predicted octanol–water partition coefficient (Wildman–Crippen LogP) is 2.33. The lowest BCUT2D eigenvalue weighted by Gasteiger charge is -2.14. The number of carbonyl (C=O) groups excluding carboxylic acids is 2. The molecule has 1 aliphatic heterocycles. The molecule has 5 nitrogen and oxygen atoms in total. The Bertz CT molecular complexity index is 652. The van der Waals surface area contributed by atoms with Crippen LogP contribution in [0, 0.1) is 0 Å². The minimum atomic E-state index is -0.513. The molecule has 0 spiro atoms. The van der Waals surface area contributed by atoms with Gasteiger partial charge in [-0.1, -0.05) is 28.8 Å². The van der Waals surface area contributed by atoms with Gasteiger partial charge in [-0.2, -0.15) is 0 Å². The average molecular weight is 275 g/mol. The van der Waals surface area contributed by atoms with Gasteiger partial charge < -0.3 is 4.84 Å². The number of carbonyl (C=O) groups is 2. The first-order valence-corrected chi connectivity index (χ1v) is 5.81. The Labute approximate surface area is 113 Å². The fourth-order valence-electron chi connectivity index (χ4n) is 1.78. The van der Waals surface area contributed by atoms with Crippen LogP contribution in [0.15, 0.2) is 42.7 Å². The largest absolute Gasteiger partial charge is 0.365 e. The van der Waals surface area contributed by atoms with E-state index in [1.165, 1.54) is 18.5 Å². The third-order valence-electron chi connectivity index (χ3n) is 2.68. The highest BCUT2D eigenvalue weighted by Gasteiger charge is 2.37. The summed E-state index contributed by atoms with van der Waals surface area (Å²) in [5, 5.41) is 0.958. The minimum Gasteiger partial charge on any atom is -0.365 e. The van der Waals surface area contributed by atoms with E-state index >= 15 is 0 Å². The molecule has 2 amide bonds. The standard InChI is InChI=1S/C13H7ClN2O3/c14-10-5-6-15-7-11(10)19-16-12(17)8-3-1-2-4-9(8)13(16)18/h1-7H. The summed E-state index contributed by atoms with van der Waals surface area (Å²) in [4.78, 5) is 33.2. The van der Waals surface area contributed by atoms with Crippen LogP contribution in [0.5, 0.6) is 5.75 Å². The van der Waals surface area contributed by atoms with E-state index in [9.17, 15) is 9.59 Å². The van der Waals surface area contributed by atoms with Crippen LogP contribution >= 0.6 is 11.6 Å². The monoisotopic (exact) mass is 274 g/mol. The van der Waals surface area contributed by atoms with Crippen LogP contribution in [0.2, 0.25) is 5.02 Å². The Hall–Kier alpha value is -2.40. The van der Waals surface area contributed by atoms with Gasteiger partial charge in [-0.25, -0.2) is 0 Å². The molecule has 0 fully saturated rings. The van der Waals surface area contributed by atoms with Crippen molar-refractivity contribution in [2.45, 2.75) is 0 Å². The fraction of sp³-hybridized carbons (Fsp3) is 0. The SMILES string of the molecule is O=C1c2ccccc2C(=O)N1Oc1cnccc1Cl. The molecule has 0 unspecified atom stereocenters. The second kappa shape index (κ2) is 4.37. The van der Waals surface area contributed by atoms with Crippen LogP contribution in [0.3, 0.4) is 0 Å². The number of hydrogen-bond acceptors (Lipinski definition) is 4. The zero-order valence-electron chi connectivity index (χ0n) is 9.54. The van der Waals surface area contributed by atoms with E-state index in [1.807, 2.05) is 0 Å². The molecule has 0 N–H and O–H groups in total. The molecule has 0 saturated carbocycles. The lowest BCUT2D eigenvalue weighted by molar-refractivity contribution is -0.0142. The van der Waals surface area contributed by atoms with Crippen LogP contribution in [-0.2, 0) is 0 Å². The Kier molecular flexibility index (Phi) is 2.68. The smallest absolute Gasteiger partial charge is 0.295 e. The van der Waals surface area contributed by atoms with Crippen molar-refractivity contribution in [3.63, 3.8) is 0 Å². The van der Waals surface area contributed by atoms with Crippen molar-refractivity contribution in [2.24, 2.45) is 0 Å². The van der Waals surface area contributed by atoms with Crippen molar-refractivity contribution in [3.8, 4) is 5.75 Å². The molecule has 2 heterocycles. The highest BCUT2D eigenvalue weighted by Crippen LogP contribution is 2.27. The molecule has 0 bridgehead atoms. The molecule has 0 atom stereocenters. The van der Waals surface area contributed by atoms with Crippen molar-refractivity contribution in [1.82, 2.24) is 10.0 Å². The van der Waals surface area contributed by atoms with Crippen LogP contribution in [0.4, 0.5) is 0 Å².